The molecule has 33 heavy (non-hydrogen) atoms. The summed E-state index contributed by atoms with van der Waals surface area (Å²) in [4.78, 5) is 19.4. The van der Waals surface area contributed by atoms with E-state index in [0.717, 1.165) is 37.0 Å². The van der Waals surface area contributed by atoms with Crippen molar-refractivity contribution in [1.82, 2.24) is 4.98 Å². The van der Waals surface area contributed by atoms with Gasteiger partial charge >= 0.3 is 0 Å². The highest BCUT2D eigenvalue weighted by Crippen LogP contribution is 2.52. The molecule has 2 saturated carbocycles. The van der Waals surface area contributed by atoms with Crippen LogP contribution in [0, 0.1) is 23.5 Å². The van der Waals surface area contributed by atoms with Crippen molar-refractivity contribution in [2.45, 2.75) is 51.2 Å². The fourth-order valence-corrected chi connectivity index (χ4v) is 4.97. The van der Waals surface area contributed by atoms with Gasteiger partial charge in [0.1, 0.15) is 11.5 Å². The van der Waals surface area contributed by atoms with E-state index >= 15 is 0 Å². The third-order valence-corrected chi connectivity index (χ3v) is 7.12. The van der Waals surface area contributed by atoms with Crippen molar-refractivity contribution < 1.29 is 23.0 Å². The van der Waals surface area contributed by atoms with Crippen LogP contribution in [0.5, 0.6) is 5.75 Å². The number of nitrogens with one attached hydrogen (secondary N) is 1. The van der Waals surface area contributed by atoms with E-state index in [1.807, 2.05) is 24.8 Å². The largest absolute Gasteiger partial charge is 0.484 e. The molecule has 8 heteroatoms. The van der Waals surface area contributed by atoms with E-state index in [1.165, 1.54) is 6.42 Å². The molecule has 1 amide bonds. The fourth-order valence-electron chi connectivity index (χ4n) is 4.97. The van der Waals surface area contributed by atoms with Crippen LogP contribution in [-0.4, -0.2) is 42.8 Å². The Hall–Kier alpha value is -2.74. The normalized spacial score (nSPS) is 24.8. The lowest BCUT2D eigenvalue weighted by atomic mass is 9.96. The maximum atomic E-state index is 14.6. The number of pyridine rings is 1. The fraction of sp³-hybridized carbons (Fsp3) is 0.520. The van der Waals surface area contributed by atoms with Crippen molar-refractivity contribution in [1.29, 1.82) is 0 Å². The van der Waals surface area contributed by atoms with Gasteiger partial charge in [0, 0.05) is 38.0 Å². The smallest absolute Gasteiger partial charge is 0.274 e. The number of amides is 1. The summed E-state index contributed by atoms with van der Waals surface area (Å²) in [5.74, 6) is -0.546. The Morgan fingerprint density at radius 2 is 1.82 bits per heavy atom. The highest BCUT2D eigenvalue weighted by Gasteiger charge is 2.47. The minimum atomic E-state index is -0.818. The van der Waals surface area contributed by atoms with Crippen molar-refractivity contribution in [3.8, 4) is 5.75 Å². The second-order valence-corrected chi connectivity index (χ2v) is 9.77. The number of hydrogen-bond acceptors (Lipinski definition) is 5. The van der Waals surface area contributed by atoms with Crippen LogP contribution >= 0.6 is 0 Å². The van der Waals surface area contributed by atoms with Crippen LogP contribution < -0.4 is 15.0 Å². The molecule has 2 heterocycles. The molecule has 1 N–H and O–H groups in total. The van der Waals surface area contributed by atoms with Gasteiger partial charge in [-0.15, -0.1) is 0 Å². The topological polar surface area (TPSA) is 63.7 Å². The predicted molar refractivity (Wildman–Crippen MR) is 121 cm³/mol. The van der Waals surface area contributed by atoms with Crippen molar-refractivity contribution in [2.75, 3.05) is 30.4 Å². The first-order valence-corrected chi connectivity index (χ1v) is 11.5. The van der Waals surface area contributed by atoms with Crippen LogP contribution in [0.1, 0.15) is 49.2 Å². The zero-order valence-corrected chi connectivity index (χ0v) is 19.2. The zero-order valence-electron chi connectivity index (χ0n) is 19.2. The number of nitrogens with zero attached hydrogens (tertiary/aromatic N) is 2. The van der Waals surface area contributed by atoms with Gasteiger partial charge in [-0.05, 0) is 62.1 Å². The summed E-state index contributed by atoms with van der Waals surface area (Å²) in [5.41, 5.74) is 0.941. The van der Waals surface area contributed by atoms with Crippen molar-refractivity contribution in [3.63, 3.8) is 0 Å². The van der Waals surface area contributed by atoms with Crippen LogP contribution in [0.25, 0.3) is 0 Å². The molecule has 176 valence electrons. The van der Waals surface area contributed by atoms with E-state index in [9.17, 15) is 13.6 Å². The van der Waals surface area contributed by atoms with Gasteiger partial charge in [0.15, 0.2) is 17.4 Å². The number of aryl methyl sites for hydroxylation is 1. The molecule has 1 saturated heterocycles. The first-order valence-electron chi connectivity index (χ1n) is 11.5. The number of anilines is 2. The maximum absolute atomic E-state index is 14.6. The predicted octanol–water partition coefficient (Wildman–Crippen LogP) is 4.58. The van der Waals surface area contributed by atoms with Crippen molar-refractivity contribution >= 4 is 17.4 Å². The van der Waals surface area contributed by atoms with E-state index in [0.29, 0.717) is 30.7 Å². The molecule has 0 bridgehead atoms. The number of methoxy groups -OCH3 is 1. The van der Waals surface area contributed by atoms with Crippen LogP contribution in [0.3, 0.4) is 0 Å². The Labute approximate surface area is 192 Å². The van der Waals surface area contributed by atoms with Gasteiger partial charge in [-0.2, -0.15) is 0 Å². The van der Waals surface area contributed by atoms with Crippen LogP contribution in [0.2, 0.25) is 0 Å². The van der Waals surface area contributed by atoms with Crippen LogP contribution in [0.15, 0.2) is 24.3 Å². The van der Waals surface area contributed by atoms with E-state index in [-0.39, 0.29) is 28.8 Å². The third kappa shape index (κ3) is 4.40. The summed E-state index contributed by atoms with van der Waals surface area (Å²) in [5, 5.41) is 2.58. The van der Waals surface area contributed by atoms with Crippen molar-refractivity contribution in [3.05, 3.63) is 47.2 Å². The molecule has 1 aromatic heterocycles. The zero-order chi connectivity index (χ0) is 23.3. The number of aromatic nitrogens is 1. The third-order valence-electron chi connectivity index (χ3n) is 7.12. The average molecular weight is 458 g/mol. The number of hydrogen-bond donors (Lipinski definition) is 1. The van der Waals surface area contributed by atoms with Crippen LogP contribution in [-0.2, 0) is 11.2 Å². The molecule has 2 atom stereocenters. The summed E-state index contributed by atoms with van der Waals surface area (Å²) in [6, 6.07) is 5.83. The van der Waals surface area contributed by atoms with Crippen molar-refractivity contribution in [2.24, 2.45) is 11.8 Å². The minimum Gasteiger partial charge on any atom is -0.484 e. The quantitative estimate of drug-likeness (QED) is 0.660. The maximum Gasteiger partial charge on any atom is 0.274 e. The number of carbonyl (C=O) groups excluding carboxylic acids is 1. The summed E-state index contributed by atoms with van der Waals surface area (Å²) in [7, 11) is 1.68. The number of carbonyl (C=O) groups is 1. The SMILES string of the molecule is CCc1cc(C(=O)Nc2cc(F)c(OC3CC4CC4C3)c(F)c2)nc(N2CC(C)(OC)C2)c1. The molecule has 2 unspecified atom stereocenters. The van der Waals surface area contributed by atoms with E-state index in [1.54, 1.807) is 13.2 Å². The standard InChI is InChI=1S/C25H29F2N3O3/c1-4-14-5-21(29-22(6-14)30-12-25(2,13-30)32-3)24(31)28-17-10-19(26)23(20(27)11-17)33-18-8-15-7-16(15)9-18/h5-6,10-11,15-16,18H,4,7-9,12-13H2,1-3H3,(H,28,31). The summed E-state index contributed by atoms with van der Waals surface area (Å²) >= 11 is 0. The van der Waals surface area contributed by atoms with E-state index < -0.39 is 17.5 Å². The molecule has 2 aliphatic carbocycles. The number of rotatable bonds is 7. The molecule has 3 fully saturated rings. The molecule has 5 rings (SSSR count). The molecule has 1 aliphatic heterocycles. The molecule has 0 radical (unpaired) electrons. The minimum absolute atomic E-state index is 0.0257. The molecular formula is C25H29F2N3O3. The second-order valence-electron chi connectivity index (χ2n) is 9.77. The van der Waals surface area contributed by atoms with Gasteiger partial charge in [0.2, 0.25) is 0 Å². The monoisotopic (exact) mass is 457 g/mol. The lowest BCUT2D eigenvalue weighted by Gasteiger charge is -2.47. The highest BCUT2D eigenvalue weighted by atomic mass is 19.1. The average Bonchev–Trinajstić information content (AvgIpc) is 3.39. The Kier molecular flexibility index (Phi) is 5.51. The van der Waals surface area contributed by atoms with Gasteiger partial charge < -0.3 is 19.7 Å². The Balaban J connectivity index is 1.30. The summed E-state index contributed by atoms with van der Waals surface area (Å²) < 4.78 is 40.3. The molecule has 0 spiro atoms. The molecule has 1 aromatic carbocycles. The first kappa shape index (κ1) is 22.1. The number of halogens is 2. The van der Waals surface area contributed by atoms with Gasteiger partial charge in [-0.3, -0.25) is 4.79 Å². The summed E-state index contributed by atoms with van der Waals surface area (Å²) in [6.07, 6.45) is 3.49. The molecule has 3 aliphatic rings. The number of fused-ring (bicyclic) bond motifs is 1. The van der Waals surface area contributed by atoms with Gasteiger partial charge in [0.25, 0.3) is 5.91 Å². The molecular weight excluding hydrogens is 428 g/mol. The molecule has 2 aromatic rings. The lowest BCUT2D eigenvalue weighted by Crippen LogP contribution is -2.61. The van der Waals surface area contributed by atoms with Gasteiger partial charge in [0.05, 0.1) is 11.7 Å². The summed E-state index contributed by atoms with van der Waals surface area (Å²) in [6.45, 7) is 5.36. The van der Waals surface area contributed by atoms with Gasteiger partial charge in [-0.1, -0.05) is 6.92 Å². The Morgan fingerprint density at radius 3 is 2.42 bits per heavy atom. The number of ether oxygens (including phenoxy) is 2. The first-order chi connectivity index (χ1) is 15.8. The van der Waals surface area contributed by atoms with Gasteiger partial charge in [-0.25, -0.2) is 13.8 Å². The second kappa shape index (κ2) is 8.24. The Morgan fingerprint density at radius 1 is 1.15 bits per heavy atom. The lowest BCUT2D eigenvalue weighted by molar-refractivity contribution is -0.0171. The highest BCUT2D eigenvalue weighted by molar-refractivity contribution is 6.03. The Bertz CT molecular complexity index is 1050. The van der Waals surface area contributed by atoms with E-state index in [4.69, 9.17) is 9.47 Å². The number of benzene rings is 1. The van der Waals surface area contributed by atoms with E-state index in [2.05, 4.69) is 10.3 Å². The molecule has 6 nitrogen and oxygen atoms in total. The van der Waals surface area contributed by atoms with Crippen LogP contribution in [0.4, 0.5) is 20.3 Å².